The quantitative estimate of drug-likeness (QED) is 0.662. The summed E-state index contributed by atoms with van der Waals surface area (Å²) in [4.78, 5) is 22.8. The second-order valence-electron chi connectivity index (χ2n) is 5.35. The third-order valence-electron chi connectivity index (χ3n) is 3.94. The number of aromatic nitrogens is 2. The Kier molecular flexibility index (Phi) is 4.22. The Bertz CT molecular complexity index is 643. The highest BCUT2D eigenvalue weighted by Gasteiger charge is 2.54. The molecule has 1 aromatic heterocycles. The number of anilines is 1. The number of nitro groups is 1. The minimum atomic E-state index is -4.70. The molecule has 0 unspecified atom stereocenters. The first-order chi connectivity index (χ1) is 10.6. The number of carbonyl (C=O) groups is 1. The van der Waals surface area contributed by atoms with Crippen molar-refractivity contribution in [2.24, 2.45) is 18.9 Å². The van der Waals surface area contributed by atoms with Crippen molar-refractivity contribution < 1.29 is 28.0 Å². The number of carboxylic acids is 1. The fraction of sp³-hybridized carbons (Fsp3) is 0.667. The van der Waals surface area contributed by atoms with Crippen molar-refractivity contribution in [3.8, 4) is 0 Å². The number of rotatable bonds is 4. The van der Waals surface area contributed by atoms with Crippen molar-refractivity contribution in [2.45, 2.75) is 19.5 Å². The lowest BCUT2D eigenvalue weighted by molar-refractivity contribution is -0.384. The monoisotopic (exact) mass is 336 g/mol. The van der Waals surface area contributed by atoms with Crippen LogP contribution in [0.1, 0.15) is 12.6 Å². The summed E-state index contributed by atoms with van der Waals surface area (Å²) in [6, 6.07) is 0. The Labute approximate surface area is 128 Å². The third-order valence-corrected chi connectivity index (χ3v) is 3.94. The van der Waals surface area contributed by atoms with Gasteiger partial charge < -0.3 is 10.0 Å². The number of aliphatic carboxylic acids is 1. The average Bonchev–Trinajstić information content (AvgIpc) is 2.98. The Hall–Kier alpha value is -2.33. The minimum absolute atomic E-state index is 0.0927. The Morgan fingerprint density at radius 1 is 1.48 bits per heavy atom. The van der Waals surface area contributed by atoms with Crippen molar-refractivity contribution in [1.82, 2.24) is 9.78 Å². The van der Waals surface area contributed by atoms with Crippen LogP contribution in [0.25, 0.3) is 0 Å². The Morgan fingerprint density at radius 3 is 2.48 bits per heavy atom. The maximum Gasteiger partial charge on any atom is 0.394 e. The third kappa shape index (κ3) is 2.94. The largest absolute Gasteiger partial charge is 0.481 e. The highest BCUT2D eigenvalue weighted by molar-refractivity contribution is 5.73. The van der Waals surface area contributed by atoms with E-state index in [4.69, 9.17) is 5.11 Å². The summed E-state index contributed by atoms with van der Waals surface area (Å²) in [7, 11) is 1.39. The first kappa shape index (κ1) is 17.0. The van der Waals surface area contributed by atoms with E-state index in [2.05, 4.69) is 5.10 Å². The molecule has 1 aliphatic rings. The van der Waals surface area contributed by atoms with Crippen molar-refractivity contribution in [3.63, 3.8) is 0 Å². The summed E-state index contributed by atoms with van der Waals surface area (Å²) in [5.41, 5.74) is -0.225. The zero-order valence-corrected chi connectivity index (χ0v) is 12.4. The van der Waals surface area contributed by atoms with Crippen LogP contribution >= 0.6 is 0 Å². The van der Waals surface area contributed by atoms with Crippen LogP contribution in [-0.4, -0.2) is 45.0 Å². The van der Waals surface area contributed by atoms with Crippen molar-refractivity contribution >= 4 is 17.5 Å². The van der Waals surface area contributed by atoms with Crippen LogP contribution in [0.3, 0.4) is 0 Å². The van der Waals surface area contributed by atoms with Crippen LogP contribution < -0.4 is 4.90 Å². The maximum absolute atomic E-state index is 13.0. The number of nitrogens with zero attached hydrogens (tertiary/aromatic N) is 4. The second-order valence-corrected chi connectivity index (χ2v) is 5.35. The zero-order valence-electron chi connectivity index (χ0n) is 12.4. The normalized spacial score (nSPS) is 21.7. The van der Waals surface area contributed by atoms with E-state index in [9.17, 15) is 28.1 Å². The van der Waals surface area contributed by atoms with E-state index in [-0.39, 0.29) is 23.6 Å². The standard InChI is InChI=1S/C12H15F3N4O4/c1-3-8-9(19(22)23)10(17(2)16-8)18-4-6(11(20)21)7(5-18)12(13,14)15/h6-7H,3-5H2,1-2H3,(H,20,21)/t6-,7-/m1/s1. The van der Waals surface area contributed by atoms with E-state index in [0.717, 1.165) is 9.58 Å². The van der Waals surface area contributed by atoms with Gasteiger partial charge >= 0.3 is 17.8 Å². The summed E-state index contributed by atoms with van der Waals surface area (Å²) in [6.07, 6.45) is -4.46. The number of hydrogen-bond donors (Lipinski definition) is 1. The van der Waals surface area contributed by atoms with Gasteiger partial charge in [0.05, 0.1) is 16.8 Å². The smallest absolute Gasteiger partial charge is 0.394 e. The SMILES string of the molecule is CCc1nn(C)c(N2C[C@@H](C(F)(F)F)[C@H](C(=O)O)C2)c1[N+](=O)[O-]. The van der Waals surface area contributed by atoms with Gasteiger partial charge in [-0.05, 0) is 6.42 Å². The molecule has 0 saturated carbocycles. The molecule has 128 valence electrons. The van der Waals surface area contributed by atoms with Gasteiger partial charge in [-0.1, -0.05) is 6.92 Å². The predicted molar refractivity (Wildman–Crippen MR) is 72.1 cm³/mol. The topological polar surface area (TPSA) is 102 Å². The van der Waals surface area contributed by atoms with E-state index in [1.54, 1.807) is 6.92 Å². The zero-order chi connectivity index (χ0) is 17.5. The van der Waals surface area contributed by atoms with Gasteiger partial charge in [-0.25, -0.2) is 4.68 Å². The molecule has 1 saturated heterocycles. The molecule has 2 heterocycles. The van der Waals surface area contributed by atoms with Gasteiger partial charge in [0.2, 0.25) is 5.82 Å². The van der Waals surface area contributed by atoms with Crippen molar-refractivity contribution in [3.05, 3.63) is 15.8 Å². The summed E-state index contributed by atoms with van der Waals surface area (Å²) in [6.45, 7) is 0.536. The van der Waals surface area contributed by atoms with Gasteiger partial charge in [-0.15, -0.1) is 0 Å². The number of halogens is 3. The lowest BCUT2D eigenvalue weighted by Crippen LogP contribution is -2.33. The van der Waals surface area contributed by atoms with Crippen LogP contribution in [-0.2, 0) is 18.3 Å². The maximum atomic E-state index is 13.0. The van der Waals surface area contributed by atoms with Crippen molar-refractivity contribution in [1.29, 1.82) is 0 Å². The molecule has 2 rings (SSSR count). The summed E-state index contributed by atoms with van der Waals surface area (Å²) < 4.78 is 40.3. The molecule has 1 aromatic rings. The molecule has 2 atom stereocenters. The lowest BCUT2D eigenvalue weighted by atomic mass is 9.96. The fourth-order valence-electron chi connectivity index (χ4n) is 2.90. The van der Waals surface area contributed by atoms with Crippen LogP contribution in [0.2, 0.25) is 0 Å². The van der Waals surface area contributed by atoms with Gasteiger partial charge in [-0.2, -0.15) is 18.3 Å². The van der Waals surface area contributed by atoms with E-state index >= 15 is 0 Å². The Balaban J connectivity index is 2.46. The molecule has 23 heavy (non-hydrogen) atoms. The number of carboxylic acid groups (broad SMARTS) is 1. The van der Waals surface area contributed by atoms with E-state index < -0.39 is 42.0 Å². The molecule has 11 heteroatoms. The summed E-state index contributed by atoms with van der Waals surface area (Å²) in [5, 5.41) is 24.2. The molecule has 0 bridgehead atoms. The van der Waals surface area contributed by atoms with E-state index in [1.165, 1.54) is 7.05 Å². The van der Waals surface area contributed by atoms with E-state index in [1.807, 2.05) is 0 Å². The molecule has 0 radical (unpaired) electrons. The summed E-state index contributed by atoms with van der Waals surface area (Å²) in [5.74, 6) is -5.42. The molecule has 1 N–H and O–H groups in total. The van der Waals surface area contributed by atoms with Gasteiger partial charge in [0, 0.05) is 20.1 Å². The number of hydrogen-bond acceptors (Lipinski definition) is 5. The number of aryl methyl sites for hydroxylation is 2. The Morgan fingerprint density at radius 2 is 2.09 bits per heavy atom. The van der Waals surface area contributed by atoms with Gasteiger partial charge in [0.15, 0.2) is 0 Å². The molecule has 0 amide bonds. The second kappa shape index (κ2) is 5.70. The first-order valence-corrected chi connectivity index (χ1v) is 6.82. The van der Waals surface area contributed by atoms with Crippen LogP contribution in [0.5, 0.6) is 0 Å². The van der Waals surface area contributed by atoms with E-state index in [0.29, 0.717) is 0 Å². The lowest BCUT2D eigenvalue weighted by Gasteiger charge is -2.19. The molecule has 8 nitrogen and oxygen atoms in total. The molecule has 1 fully saturated rings. The molecule has 0 spiro atoms. The van der Waals surface area contributed by atoms with Crippen LogP contribution in [0.4, 0.5) is 24.7 Å². The predicted octanol–water partition coefficient (Wildman–Crippen LogP) is 1.59. The molecular formula is C12H15F3N4O4. The van der Waals surface area contributed by atoms with Crippen LogP contribution in [0, 0.1) is 22.0 Å². The van der Waals surface area contributed by atoms with Gasteiger partial charge in [0.25, 0.3) is 0 Å². The fourth-order valence-corrected chi connectivity index (χ4v) is 2.90. The van der Waals surface area contributed by atoms with Crippen LogP contribution in [0.15, 0.2) is 0 Å². The number of alkyl halides is 3. The van der Waals surface area contributed by atoms with Gasteiger partial charge in [-0.3, -0.25) is 14.9 Å². The molecular weight excluding hydrogens is 321 g/mol. The average molecular weight is 336 g/mol. The molecule has 0 aliphatic carbocycles. The summed E-state index contributed by atoms with van der Waals surface area (Å²) >= 11 is 0. The minimum Gasteiger partial charge on any atom is -0.481 e. The molecule has 0 aromatic carbocycles. The highest BCUT2D eigenvalue weighted by atomic mass is 19.4. The molecule has 1 aliphatic heterocycles. The first-order valence-electron chi connectivity index (χ1n) is 6.82. The van der Waals surface area contributed by atoms with Gasteiger partial charge in [0.1, 0.15) is 5.69 Å². The van der Waals surface area contributed by atoms with Crippen molar-refractivity contribution in [2.75, 3.05) is 18.0 Å². The highest BCUT2D eigenvalue weighted by Crippen LogP contribution is 2.42.